The number of hydrogen-bond donors (Lipinski definition) is 1. The van der Waals surface area contributed by atoms with Gasteiger partial charge in [0.2, 0.25) is 5.91 Å². The average molecular weight is 426 g/mol. The zero-order valence-electron chi connectivity index (χ0n) is 14.1. The van der Waals surface area contributed by atoms with Gasteiger partial charge in [-0.25, -0.2) is 17.8 Å². The Kier molecular flexibility index (Phi) is 4.97. The van der Waals surface area contributed by atoms with Gasteiger partial charge in [-0.2, -0.15) is 4.31 Å². The van der Waals surface area contributed by atoms with E-state index in [2.05, 4.69) is 10.3 Å². The van der Waals surface area contributed by atoms with Crippen molar-refractivity contribution < 1.29 is 17.6 Å². The fourth-order valence-corrected chi connectivity index (χ4v) is 6.57. The molecule has 1 aromatic carbocycles. The van der Waals surface area contributed by atoms with E-state index >= 15 is 0 Å². The number of hydrogen-bond acceptors (Lipinski definition) is 6. The molecule has 0 radical (unpaired) electrons. The Bertz CT molecular complexity index is 1070. The van der Waals surface area contributed by atoms with Crippen LogP contribution in [0.2, 0.25) is 0 Å². The lowest BCUT2D eigenvalue weighted by atomic mass is 9.97. The summed E-state index contributed by atoms with van der Waals surface area (Å²) in [5.74, 6) is -0.921. The molecule has 6 nitrogen and oxygen atoms in total. The minimum atomic E-state index is -3.48. The standard InChI is InChI=1S/C17H16FN3O3S3/c18-12-3-1-4-13-15(12)19-17(26-13)20-16(22)11-6-8-21(9-7-11)27(23,24)14-5-2-10-25-14/h1-5,10-11H,6-9H2,(H,19,20,22). The van der Waals surface area contributed by atoms with Gasteiger partial charge in [0.15, 0.2) is 5.13 Å². The van der Waals surface area contributed by atoms with E-state index in [1.165, 1.54) is 33.0 Å². The molecular weight excluding hydrogens is 409 g/mol. The normalized spacial score (nSPS) is 16.6. The number of anilines is 1. The predicted octanol–water partition coefficient (Wildman–Crippen LogP) is 3.54. The second-order valence-electron chi connectivity index (χ2n) is 6.21. The Balaban J connectivity index is 1.40. The molecule has 3 aromatic rings. The van der Waals surface area contributed by atoms with Crippen LogP contribution in [-0.2, 0) is 14.8 Å². The number of rotatable bonds is 4. The minimum Gasteiger partial charge on any atom is -0.302 e. The third kappa shape index (κ3) is 3.62. The monoisotopic (exact) mass is 425 g/mol. The molecule has 0 bridgehead atoms. The highest BCUT2D eigenvalue weighted by Gasteiger charge is 2.32. The number of sulfonamides is 1. The molecule has 3 heterocycles. The van der Waals surface area contributed by atoms with E-state index in [4.69, 9.17) is 0 Å². The maximum atomic E-state index is 13.7. The van der Waals surface area contributed by atoms with Crippen LogP contribution in [0.25, 0.3) is 10.2 Å². The molecule has 10 heteroatoms. The summed E-state index contributed by atoms with van der Waals surface area (Å²) < 4.78 is 41.2. The van der Waals surface area contributed by atoms with Crippen LogP contribution in [0.1, 0.15) is 12.8 Å². The van der Waals surface area contributed by atoms with Crippen LogP contribution in [0, 0.1) is 11.7 Å². The molecule has 0 aliphatic carbocycles. The van der Waals surface area contributed by atoms with Crippen molar-refractivity contribution in [3.8, 4) is 0 Å². The van der Waals surface area contributed by atoms with Gasteiger partial charge in [0.1, 0.15) is 15.5 Å². The van der Waals surface area contributed by atoms with Crippen molar-refractivity contribution >= 4 is 54.0 Å². The van der Waals surface area contributed by atoms with Crippen molar-refractivity contribution in [3.63, 3.8) is 0 Å². The van der Waals surface area contributed by atoms with E-state index < -0.39 is 15.8 Å². The number of benzene rings is 1. The Morgan fingerprint density at radius 1 is 1.22 bits per heavy atom. The predicted molar refractivity (Wildman–Crippen MR) is 104 cm³/mol. The maximum Gasteiger partial charge on any atom is 0.252 e. The zero-order valence-corrected chi connectivity index (χ0v) is 16.5. The summed E-state index contributed by atoms with van der Waals surface area (Å²) in [6, 6.07) is 7.98. The maximum absolute atomic E-state index is 13.7. The highest BCUT2D eigenvalue weighted by Crippen LogP contribution is 2.30. The summed E-state index contributed by atoms with van der Waals surface area (Å²) in [7, 11) is -3.48. The number of carbonyl (C=O) groups is 1. The first-order valence-corrected chi connectivity index (χ1v) is 11.5. The second-order valence-corrected chi connectivity index (χ2v) is 10.3. The smallest absolute Gasteiger partial charge is 0.252 e. The van der Waals surface area contributed by atoms with Gasteiger partial charge < -0.3 is 5.32 Å². The van der Waals surface area contributed by atoms with Crippen molar-refractivity contribution in [2.45, 2.75) is 17.1 Å². The van der Waals surface area contributed by atoms with Gasteiger partial charge in [0.05, 0.1) is 4.70 Å². The molecule has 1 aliphatic rings. The highest BCUT2D eigenvalue weighted by molar-refractivity contribution is 7.91. The number of aromatic nitrogens is 1. The van der Waals surface area contributed by atoms with Gasteiger partial charge in [-0.05, 0) is 36.4 Å². The van der Waals surface area contributed by atoms with Crippen LogP contribution < -0.4 is 5.32 Å². The van der Waals surface area contributed by atoms with Crippen LogP contribution >= 0.6 is 22.7 Å². The zero-order chi connectivity index (χ0) is 19.0. The molecule has 1 aliphatic heterocycles. The lowest BCUT2D eigenvalue weighted by Crippen LogP contribution is -2.41. The molecule has 1 N–H and O–H groups in total. The number of nitrogens with zero attached hydrogens (tertiary/aromatic N) is 2. The summed E-state index contributed by atoms with van der Waals surface area (Å²) in [6.45, 7) is 0.597. The first-order valence-electron chi connectivity index (χ1n) is 8.35. The first kappa shape index (κ1) is 18.5. The molecule has 0 atom stereocenters. The summed E-state index contributed by atoms with van der Waals surface area (Å²) in [4.78, 5) is 16.7. The summed E-state index contributed by atoms with van der Waals surface area (Å²) >= 11 is 2.41. The van der Waals surface area contributed by atoms with E-state index in [-0.39, 0.29) is 17.3 Å². The van der Waals surface area contributed by atoms with Gasteiger partial charge in [-0.15, -0.1) is 11.3 Å². The van der Waals surface area contributed by atoms with Crippen molar-refractivity contribution in [3.05, 3.63) is 41.5 Å². The number of thiazole rings is 1. The Morgan fingerprint density at radius 3 is 2.67 bits per heavy atom. The van der Waals surface area contributed by atoms with Gasteiger partial charge in [0, 0.05) is 19.0 Å². The summed E-state index contributed by atoms with van der Waals surface area (Å²) in [6.07, 6.45) is 0.880. The highest BCUT2D eigenvalue weighted by atomic mass is 32.2. The number of carbonyl (C=O) groups excluding carboxylic acids is 1. The Hall–Kier alpha value is -1.88. The van der Waals surface area contributed by atoms with Crippen molar-refractivity contribution in [1.29, 1.82) is 0 Å². The second kappa shape index (κ2) is 7.27. The molecule has 0 unspecified atom stereocenters. The van der Waals surface area contributed by atoms with Crippen molar-refractivity contribution in [2.75, 3.05) is 18.4 Å². The third-order valence-electron chi connectivity index (χ3n) is 4.51. The Morgan fingerprint density at radius 2 is 2.00 bits per heavy atom. The van der Waals surface area contributed by atoms with E-state index in [1.54, 1.807) is 29.6 Å². The number of nitrogens with one attached hydrogen (secondary N) is 1. The Labute approximate surface area is 163 Å². The molecular formula is C17H16FN3O3S3. The molecule has 27 heavy (non-hydrogen) atoms. The SMILES string of the molecule is O=C(Nc1nc2c(F)cccc2s1)C1CCN(S(=O)(=O)c2cccs2)CC1. The average Bonchev–Trinajstić information content (AvgIpc) is 3.32. The minimum absolute atomic E-state index is 0.206. The number of para-hydroxylation sites is 1. The molecule has 0 saturated carbocycles. The van der Waals surface area contributed by atoms with Gasteiger partial charge >= 0.3 is 0 Å². The van der Waals surface area contributed by atoms with Crippen LogP contribution in [-0.4, -0.2) is 36.7 Å². The van der Waals surface area contributed by atoms with Gasteiger partial charge in [-0.1, -0.05) is 23.5 Å². The third-order valence-corrected chi connectivity index (χ3v) is 8.72. The largest absolute Gasteiger partial charge is 0.302 e. The summed E-state index contributed by atoms with van der Waals surface area (Å²) in [5, 5.41) is 4.83. The van der Waals surface area contributed by atoms with E-state index in [9.17, 15) is 17.6 Å². The molecule has 4 rings (SSSR count). The molecule has 0 spiro atoms. The van der Waals surface area contributed by atoms with E-state index in [0.29, 0.717) is 40.0 Å². The van der Waals surface area contributed by atoms with Crippen LogP contribution in [0.3, 0.4) is 0 Å². The summed E-state index contributed by atoms with van der Waals surface area (Å²) in [5.41, 5.74) is 0.245. The topological polar surface area (TPSA) is 79.4 Å². The van der Waals surface area contributed by atoms with Crippen LogP contribution in [0.4, 0.5) is 9.52 Å². The lowest BCUT2D eigenvalue weighted by Gasteiger charge is -2.29. The number of thiophene rings is 1. The van der Waals surface area contributed by atoms with E-state index in [0.717, 1.165) is 0 Å². The number of amides is 1. The number of fused-ring (bicyclic) bond motifs is 1. The van der Waals surface area contributed by atoms with Crippen molar-refractivity contribution in [2.24, 2.45) is 5.92 Å². The first-order chi connectivity index (χ1) is 12.9. The van der Waals surface area contributed by atoms with Crippen LogP contribution in [0.5, 0.6) is 0 Å². The fourth-order valence-electron chi connectivity index (χ4n) is 3.07. The fraction of sp³-hybridized carbons (Fsp3) is 0.294. The molecule has 1 saturated heterocycles. The van der Waals surface area contributed by atoms with Crippen LogP contribution in [0.15, 0.2) is 39.9 Å². The number of piperidine rings is 1. The number of halogens is 1. The lowest BCUT2D eigenvalue weighted by molar-refractivity contribution is -0.120. The quantitative estimate of drug-likeness (QED) is 0.693. The van der Waals surface area contributed by atoms with Gasteiger partial charge in [0.25, 0.3) is 10.0 Å². The van der Waals surface area contributed by atoms with Gasteiger partial charge in [-0.3, -0.25) is 4.79 Å². The molecule has 1 fully saturated rings. The molecule has 142 valence electrons. The van der Waals surface area contributed by atoms with Crippen molar-refractivity contribution in [1.82, 2.24) is 9.29 Å². The molecule has 1 amide bonds. The molecule has 2 aromatic heterocycles. The van der Waals surface area contributed by atoms with E-state index in [1.807, 2.05) is 0 Å².